The van der Waals surface area contributed by atoms with Gasteiger partial charge in [0.05, 0.1) is 26.7 Å². The summed E-state index contributed by atoms with van der Waals surface area (Å²) < 4.78 is 6.45. The van der Waals surface area contributed by atoms with E-state index in [2.05, 4.69) is 0 Å². The zero-order valence-corrected chi connectivity index (χ0v) is 9.84. The van der Waals surface area contributed by atoms with E-state index in [0.717, 1.165) is 20.9 Å². The van der Waals surface area contributed by atoms with Crippen LogP contribution in [0.3, 0.4) is 0 Å². The van der Waals surface area contributed by atoms with Crippen molar-refractivity contribution in [3.05, 3.63) is 27.6 Å². The van der Waals surface area contributed by atoms with Crippen molar-refractivity contribution in [3.63, 3.8) is 0 Å². The van der Waals surface area contributed by atoms with Crippen LogP contribution in [-0.4, -0.2) is 6.61 Å². The van der Waals surface area contributed by atoms with E-state index in [1.54, 1.807) is 23.5 Å². The predicted molar refractivity (Wildman–Crippen MR) is 63.0 cm³/mol. The molecule has 0 spiro atoms. The molecule has 1 nitrogen and oxygen atoms in total. The molecule has 0 bridgehead atoms. The third-order valence-corrected chi connectivity index (χ3v) is 3.62. The van der Waals surface area contributed by atoms with Crippen LogP contribution in [0.2, 0.25) is 10.0 Å². The number of hydrogen-bond acceptors (Lipinski definition) is 2. The Morgan fingerprint density at radius 3 is 2.71 bits per heavy atom. The Morgan fingerprint density at radius 1 is 1.29 bits per heavy atom. The van der Waals surface area contributed by atoms with Gasteiger partial charge in [-0.25, -0.2) is 0 Å². The Kier molecular flexibility index (Phi) is 2.86. The summed E-state index contributed by atoms with van der Waals surface area (Å²) in [5, 5.41) is 4.27. The molecule has 1 aromatic carbocycles. The van der Waals surface area contributed by atoms with E-state index in [0.29, 0.717) is 11.6 Å². The summed E-state index contributed by atoms with van der Waals surface area (Å²) in [4.78, 5) is 0. The first-order valence-electron chi connectivity index (χ1n) is 4.22. The summed E-state index contributed by atoms with van der Waals surface area (Å²) in [6, 6.07) is 3.60. The molecule has 1 heterocycles. The first-order chi connectivity index (χ1) is 6.74. The monoisotopic (exact) mass is 246 g/mol. The average Bonchev–Trinajstić information content (AvgIpc) is 2.58. The lowest BCUT2D eigenvalue weighted by atomic mass is 10.2. The lowest BCUT2D eigenvalue weighted by molar-refractivity contribution is 0.345. The van der Waals surface area contributed by atoms with Crippen LogP contribution in [0, 0.1) is 0 Å². The minimum atomic E-state index is 0.634. The smallest absolute Gasteiger partial charge is 0.139 e. The second-order valence-electron chi connectivity index (χ2n) is 2.77. The fourth-order valence-electron chi connectivity index (χ4n) is 1.31. The van der Waals surface area contributed by atoms with Crippen LogP contribution in [0.25, 0.3) is 10.1 Å². The van der Waals surface area contributed by atoms with Gasteiger partial charge in [0.15, 0.2) is 0 Å². The second kappa shape index (κ2) is 3.97. The number of rotatable bonds is 2. The Balaban J connectivity index is 2.70. The normalized spacial score (nSPS) is 10.8. The van der Waals surface area contributed by atoms with Crippen LogP contribution in [0.4, 0.5) is 0 Å². The molecule has 0 aliphatic rings. The van der Waals surface area contributed by atoms with Gasteiger partial charge in [-0.2, -0.15) is 0 Å². The number of ether oxygens (including phenoxy) is 1. The molecule has 0 aliphatic carbocycles. The minimum absolute atomic E-state index is 0.634. The molecule has 0 atom stereocenters. The van der Waals surface area contributed by atoms with Gasteiger partial charge in [-0.1, -0.05) is 23.2 Å². The summed E-state index contributed by atoms with van der Waals surface area (Å²) in [7, 11) is 0. The maximum absolute atomic E-state index is 6.08. The SMILES string of the molecule is CCOc1csc2c(Cl)ccc(Cl)c12. The number of benzene rings is 1. The van der Waals surface area contributed by atoms with Crippen molar-refractivity contribution in [2.75, 3.05) is 6.61 Å². The highest BCUT2D eigenvalue weighted by Gasteiger charge is 2.11. The van der Waals surface area contributed by atoms with Crippen LogP contribution in [-0.2, 0) is 0 Å². The molecule has 0 aliphatic heterocycles. The molecule has 0 saturated heterocycles. The van der Waals surface area contributed by atoms with Crippen LogP contribution in [0.15, 0.2) is 17.5 Å². The van der Waals surface area contributed by atoms with Crippen molar-refractivity contribution >= 4 is 44.6 Å². The topological polar surface area (TPSA) is 9.23 Å². The van der Waals surface area contributed by atoms with Crippen LogP contribution in [0.1, 0.15) is 6.92 Å². The second-order valence-corrected chi connectivity index (χ2v) is 4.46. The highest BCUT2D eigenvalue weighted by atomic mass is 35.5. The van der Waals surface area contributed by atoms with E-state index in [4.69, 9.17) is 27.9 Å². The maximum atomic E-state index is 6.08. The summed E-state index contributed by atoms with van der Waals surface area (Å²) in [5.41, 5.74) is 0. The van der Waals surface area contributed by atoms with Crippen LogP contribution >= 0.6 is 34.5 Å². The number of hydrogen-bond donors (Lipinski definition) is 0. The van der Waals surface area contributed by atoms with Crippen molar-refractivity contribution in [2.24, 2.45) is 0 Å². The zero-order chi connectivity index (χ0) is 10.1. The summed E-state index contributed by atoms with van der Waals surface area (Å²) >= 11 is 13.7. The predicted octanol–water partition coefficient (Wildman–Crippen LogP) is 4.61. The molecule has 74 valence electrons. The summed E-state index contributed by atoms with van der Waals surface area (Å²) in [5.74, 6) is 0.819. The van der Waals surface area contributed by atoms with Gasteiger partial charge in [-0.15, -0.1) is 11.3 Å². The van der Waals surface area contributed by atoms with E-state index in [9.17, 15) is 0 Å². The van der Waals surface area contributed by atoms with Crippen molar-refractivity contribution in [2.45, 2.75) is 6.92 Å². The Bertz CT molecular complexity index is 464. The Morgan fingerprint density at radius 2 is 2.00 bits per heavy atom. The summed E-state index contributed by atoms with van der Waals surface area (Å²) in [6.07, 6.45) is 0. The molecule has 0 amide bonds. The van der Waals surface area contributed by atoms with Gasteiger partial charge in [-0.05, 0) is 19.1 Å². The molecular weight excluding hydrogens is 239 g/mol. The molecule has 2 aromatic rings. The first-order valence-corrected chi connectivity index (χ1v) is 5.85. The van der Waals surface area contributed by atoms with Crippen LogP contribution < -0.4 is 4.74 Å². The van der Waals surface area contributed by atoms with E-state index in [1.165, 1.54) is 0 Å². The van der Waals surface area contributed by atoms with Crippen molar-refractivity contribution < 1.29 is 4.74 Å². The molecule has 0 saturated carbocycles. The average molecular weight is 247 g/mol. The van der Waals surface area contributed by atoms with Crippen LogP contribution in [0.5, 0.6) is 5.75 Å². The number of halogens is 2. The fourth-order valence-corrected chi connectivity index (χ4v) is 2.83. The molecule has 0 N–H and O–H groups in total. The van der Waals surface area contributed by atoms with Gasteiger partial charge in [0.2, 0.25) is 0 Å². The maximum Gasteiger partial charge on any atom is 0.139 e. The Hall–Kier alpha value is -0.440. The standard InChI is InChI=1S/C10H8Cl2OS/c1-2-13-8-5-14-10-7(12)4-3-6(11)9(8)10/h3-5H,2H2,1H3. The van der Waals surface area contributed by atoms with Gasteiger partial charge in [0.1, 0.15) is 5.75 Å². The van der Waals surface area contributed by atoms with Crippen molar-refractivity contribution in [1.82, 2.24) is 0 Å². The van der Waals surface area contributed by atoms with E-state index in [1.807, 2.05) is 12.3 Å². The van der Waals surface area contributed by atoms with Gasteiger partial charge < -0.3 is 4.74 Å². The minimum Gasteiger partial charge on any atom is -0.492 e. The van der Waals surface area contributed by atoms with E-state index < -0.39 is 0 Å². The molecular formula is C10H8Cl2OS. The molecule has 2 rings (SSSR count). The molecule has 14 heavy (non-hydrogen) atoms. The third kappa shape index (κ3) is 1.58. The molecule has 0 fully saturated rings. The molecule has 4 heteroatoms. The highest BCUT2D eigenvalue weighted by molar-refractivity contribution is 7.18. The lowest BCUT2D eigenvalue weighted by Gasteiger charge is -2.02. The first kappa shape index (κ1) is 10.1. The zero-order valence-electron chi connectivity index (χ0n) is 7.51. The van der Waals surface area contributed by atoms with E-state index >= 15 is 0 Å². The largest absolute Gasteiger partial charge is 0.492 e. The van der Waals surface area contributed by atoms with Gasteiger partial charge in [-0.3, -0.25) is 0 Å². The number of fused-ring (bicyclic) bond motifs is 1. The van der Waals surface area contributed by atoms with Gasteiger partial charge in [0, 0.05) is 5.38 Å². The summed E-state index contributed by atoms with van der Waals surface area (Å²) in [6.45, 7) is 2.58. The third-order valence-electron chi connectivity index (χ3n) is 1.89. The molecule has 0 unspecified atom stereocenters. The Labute approximate surface area is 96.2 Å². The van der Waals surface area contributed by atoms with Gasteiger partial charge in [0.25, 0.3) is 0 Å². The lowest BCUT2D eigenvalue weighted by Crippen LogP contribution is -1.89. The van der Waals surface area contributed by atoms with Gasteiger partial charge >= 0.3 is 0 Å². The number of thiophene rings is 1. The van der Waals surface area contributed by atoms with Crippen molar-refractivity contribution in [1.29, 1.82) is 0 Å². The molecule has 0 radical (unpaired) electrons. The molecule has 1 aromatic heterocycles. The highest BCUT2D eigenvalue weighted by Crippen LogP contribution is 2.41. The van der Waals surface area contributed by atoms with Crippen molar-refractivity contribution in [3.8, 4) is 5.75 Å². The van der Waals surface area contributed by atoms with E-state index in [-0.39, 0.29) is 0 Å². The quantitative estimate of drug-likeness (QED) is 0.753. The fraction of sp³-hybridized carbons (Fsp3) is 0.200.